The van der Waals surface area contributed by atoms with Gasteiger partial charge in [0.15, 0.2) is 0 Å². The molecule has 0 saturated carbocycles. The summed E-state index contributed by atoms with van der Waals surface area (Å²) < 4.78 is 7.16. The van der Waals surface area contributed by atoms with Crippen molar-refractivity contribution in [3.05, 3.63) is 42.4 Å². The maximum atomic E-state index is 11.0. The van der Waals surface area contributed by atoms with Crippen molar-refractivity contribution in [2.24, 2.45) is 0 Å². The van der Waals surface area contributed by atoms with Crippen LogP contribution in [0.25, 0.3) is 16.6 Å². The van der Waals surface area contributed by atoms with E-state index in [1.54, 1.807) is 16.9 Å². The summed E-state index contributed by atoms with van der Waals surface area (Å²) in [6.45, 7) is 3.35. The summed E-state index contributed by atoms with van der Waals surface area (Å²) >= 11 is 0. The number of carboxylic acid groups (broad SMARTS) is 1. The molecule has 0 bridgehead atoms. The zero-order valence-electron chi connectivity index (χ0n) is 17.7. The minimum atomic E-state index is -1.00. The second kappa shape index (κ2) is 8.72. The molecule has 3 aromatic heterocycles. The van der Waals surface area contributed by atoms with Gasteiger partial charge >= 0.3 is 6.09 Å². The second-order valence-electron chi connectivity index (χ2n) is 8.01. The Morgan fingerprint density at radius 2 is 2.12 bits per heavy atom. The number of aliphatic hydroxyl groups is 1. The van der Waals surface area contributed by atoms with Crippen molar-refractivity contribution < 1.29 is 19.7 Å². The fraction of sp³-hybridized carbons (Fsp3) is 0.364. The van der Waals surface area contributed by atoms with Gasteiger partial charge in [0, 0.05) is 36.0 Å². The molecule has 4 heterocycles. The number of aromatic nitrogens is 3. The van der Waals surface area contributed by atoms with Crippen LogP contribution < -0.4 is 15.0 Å². The van der Waals surface area contributed by atoms with Crippen molar-refractivity contribution in [2.45, 2.75) is 25.3 Å². The molecule has 1 saturated heterocycles. The fourth-order valence-electron chi connectivity index (χ4n) is 3.99. The number of aliphatic hydroxyl groups excluding tert-OH is 1. The number of carbonyl (C=O) groups is 1. The number of ether oxygens (including phenoxy) is 1. The normalized spacial score (nSPS) is 15.3. The second-order valence-corrected chi connectivity index (χ2v) is 8.01. The van der Waals surface area contributed by atoms with Crippen molar-refractivity contribution in [1.29, 1.82) is 5.26 Å². The molecule has 4 rings (SSSR count). The molecule has 1 fully saturated rings. The minimum Gasteiger partial charge on any atom is -0.490 e. The molecular formula is C22H24N6O4. The summed E-state index contributed by atoms with van der Waals surface area (Å²) in [5.41, 5.74) is 2.23. The third-order valence-corrected chi connectivity index (χ3v) is 5.73. The predicted molar refractivity (Wildman–Crippen MR) is 117 cm³/mol. The highest BCUT2D eigenvalue weighted by molar-refractivity contribution is 5.85. The third-order valence-electron chi connectivity index (χ3n) is 5.73. The number of nitrogens with zero attached hydrogens (tertiary/aromatic N) is 5. The van der Waals surface area contributed by atoms with E-state index in [1.807, 2.05) is 25.1 Å². The number of pyridine rings is 2. The highest BCUT2D eigenvalue weighted by Crippen LogP contribution is 2.32. The highest BCUT2D eigenvalue weighted by atomic mass is 16.5. The number of hydrogen-bond donors (Lipinski definition) is 3. The highest BCUT2D eigenvalue weighted by Gasteiger charge is 2.31. The Hall–Kier alpha value is -3.84. The van der Waals surface area contributed by atoms with Crippen LogP contribution in [0.4, 0.5) is 10.6 Å². The molecule has 1 amide bonds. The van der Waals surface area contributed by atoms with Crippen molar-refractivity contribution in [3.8, 4) is 22.9 Å². The van der Waals surface area contributed by atoms with Gasteiger partial charge in [0.1, 0.15) is 24.2 Å². The Morgan fingerprint density at radius 1 is 1.34 bits per heavy atom. The summed E-state index contributed by atoms with van der Waals surface area (Å²) in [6, 6.07) is 7.83. The van der Waals surface area contributed by atoms with Gasteiger partial charge in [-0.05, 0) is 38.0 Å². The van der Waals surface area contributed by atoms with Crippen LogP contribution in [0, 0.1) is 11.3 Å². The van der Waals surface area contributed by atoms with Gasteiger partial charge in [-0.25, -0.2) is 14.3 Å². The van der Waals surface area contributed by atoms with Gasteiger partial charge in [-0.15, -0.1) is 0 Å². The van der Waals surface area contributed by atoms with Crippen LogP contribution in [-0.2, 0) is 0 Å². The monoisotopic (exact) mass is 436 g/mol. The van der Waals surface area contributed by atoms with E-state index in [0.29, 0.717) is 42.8 Å². The molecule has 0 spiro atoms. The minimum absolute atomic E-state index is 0.108. The topological polar surface area (TPSA) is 136 Å². The fourth-order valence-corrected chi connectivity index (χ4v) is 3.99. The van der Waals surface area contributed by atoms with Gasteiger partial charge in [0.05, 0.1) is 30.1 Å². The number of rotatable bonds is 6. The number of fused-ring (bicyclic) bond motifs is 1. The van der Waals surface area contributed by atoms with E-state index in [2.05, 4.69) is 26.4 Å². The maximum Gasteiger partial charge on any atom is 0.405 e. The summed E-state index contributed by atoms with van der Waals surface area (Å²) in [6.07, 6.45) is 5.30. The van der Waals surface area contributed by atoms with E-state index in [4.69, 9.17) is 14.9 Å². The van der Waals surface area contributed by atoms with E-state index in [9.17, 15) is 10.1 Å². The van der Waals surface area contributed by atoms with Gasteiger partial charge in [-0.1, -0.05) is 0 Å². The van der Waals surface area contributed by atoms with Crippen molar-refractivity contribution >= 4 is 17.4 Å². The van der Waals surface area contributed by atoms with Crippen molar-refractivity contribution in [1.82, 2.24) is 19.9 Å². The van der Waals surface area contributed by atoms with Crippen LogP contribution in [0.1, 0.15) is 25.3 Å². The van der Waals surface area contributed by atoms with Gasteiger partial charge in [0.25, 0.3) is 0 Å². The summed E-state index contributed by atoms with van der Waals surface area (Å²) in [5, 5.41) is 34.4. The molecule has 1 aliphatic rings. The van der Waals surface area contributed by atoms with Crippen LogP contribution in [0.5, 0.6) is 5.75 Å². The van der Waals surface area contributed by atoms with Crippen LogP contribution in [-0.4, -0.2) is 62.7 Å². The molecule has 0 unspecified atom stereocenters. The Morgan fingerprint density at radius 3 is 2.75 bits per heavy atom. The smallest absolute Gasteiger partial charge is 0.405 e. The molecule has 0 atom stereocenters. The molecular weight excluding hydrogens is 412 g/mol. The first-order chi connectivity index (χ1) is 15.4. The molecule has 0 aromatic carbocycles. The average molecular weight is 436 g/mol. The Labute approximate surface area is 184 Å². The van der Waals surface area contributed by atoms with Crippen LogP contribution in [0.3, 0.4) is 0 Å². The summed E-state index contributed by atoms with van der Waals surface area (Å²) in [4.78, 5) is 17.8. The number of nitriles is 1. The lowest BCUT2D eigenvalue weighted by Gasteiger charge is -2.39. The zero-order chi connectivity index (χ0) is 22.7. The first-order valence-corrected chi connectivity index (χ1v) is 10.3. The Kier molecular flexibility index (Phi) is 5.83. The van der Waals surface area contributed by atoms with Gasteiger partial charge in [-0.3, -0.25) is 0 Å². The predicted octanol–water partition coefficient (Wildman–Crippen LogP) is 2.27. The van der Waals surface area contributed by atoms with E-state index in [0.717, 1.165) is 16.9 Å². The number of amides is 1. The number of anilines is 1. The van der Waals surface area contributed by atoms with Crippen LogP contribution in [0.2, 0.25) is 0 Å². The van der Waals surface area contributed by atoms with Crippen LogP contribution >= 0.6 is 0 Å². The number of hydrogen-bond acceptors (Lipinski definition) is 7. The van der Waals surface area contributed by atoms with E-state index >= 15 is 0 Å². The molecule has 10 heteroatoms. The molecule has 0 radical (unpaired) electrons. The lowest BCUT2D eigenvalue weighted by atomic mass is 9.90. The van der Waals surface area contributed by atoms with Gasteiger partial charge in [0.2, 0.25) is 0 Å². The number of nitrogens with one attached hydrogen (secondary N) is 1. The Bertz CT molecular complexity index is 1160. The average Bonchev–Trinajstić information content (AvgIpc) is 3.20. The summed E-state index contributed by atoms with van der Waals surface area (Å²) in [5.74, 6) is 1.34. The van der Waals surface area contributed by atoms with Crippen LogP contribution in [0.15, 0.2) is 36.8 Å². The molecule has 3 aromatic rings. The van der Waals surface area contributed by atoms with Gasteiger partial charge < -0.3 is 25.2 Å². The van der Waals surface area contributed by atoms with Gasteiger partial charge in [-0.2, -0.15) is 10.4 Å². The maximum absolute atomic E-state index is 11.0. The third kappa shape index (κ3) is 4.29. The molecule has 3 N–H and O–H groups in total. The molecule has 1 aliphatic heterocycles. The Balaban J connectivity index is 1.60. The van der Waals surface area contributed by atoms with Crippen molar-refractivity contribution in [2.75, 3.05) is 31.2 Å². The quantitative estimate of drug-likeness (QED) is 0.535. The SMILES string of the molecule is CC1(NC(=O)O)CCN(c2ccc(-c3cc(OCCO)cn4ncc(C#N)c34)cn2)CC1. The first-order valence-electron chi connectivity index (χ1n) is 10.3. The largest absolute Gasteiger partial charge is 0.490 e. The first kappa shape index (κ1) is 21.4. The van der Waals surface area contributed by atoms with E-state index < -0.39 is 11.6 Å². The lowest BCUT2D eigenvalue weighted by Crippen LogP contribution is -2.53. The zero-order valence-corrected chi connectivity index (χ0v) is 17.7. The summed E-state index contributed by atoms with van der Waals surface area (Å²) in [7, 11) is 0. The molecule has 0 aliphatic carbocycles. The van der Waals surface area contributed by atoms with E-state index in [1.165, 1.54) is 6.20 Å². The number of piperidine rings is 1. The molecule has 166 valence electrons. The lowest BCUT2D eigenvalue weighted by molar-refractivity contribution is 0.173. The molecule has 32 heavy (non-hydrogen) atoms. The van der Waals surface area contributed by atoms with Crippen molar-refractivity contribution in [3.63, 3.8) is 0 Å². The molecule has 10 nitrogen and oxygen atoms in total. The van der Waals surface area contributed by atoms with E-state index in [-0.39, 0.29) is 13.2 Å². The standard InChI is InChI=1S/C22H24N6O4/c1-22(26-21(30)31)4-6-27(7-5-22)19-3-2-15(12-24-19)18-10-17(32-9-8-29)14-28-20(18)16(11-23)13-25-28/h2-3,10,12-14,26,29H,4-9H2,1H3,(H,30,31).